The number of nitrogens with one attached hydrogen (secondary N) is 2. The van der Waals surface area contributed by atoms with Crippen LogP contribution in [-0.2, 0) is 6.42 Å². The van der Waals surface area contributed by atoms with Gasteiger partial charge in [0.25, 0.3) is 5.88 Å². The first kappa shape index (κ1) is 15.0. The van der Waals surface area contributed by atoms with Crippen molar-refractivity contribution in [1.29, 1.82) is 0 Å². The van der Waals surface area contributed by atoms with Crippen molar-refractivity contribution in [2.45, 2.75) is 26.4 Å². The normalized spacial score (nSPS) is 10.9. The van der Waals surface area contributed by atoms with Crippen LogP contribution in [0, 0.1) is 0 Å². The van der Waals surface area contributed by atoms with Gasteiger partial charge in [0.15, 0.2) is 11.6 Å². The van der Waals surface area contributed by atoms with Gasteiger partial charge in [0, 0.05) is 25.4 Å². The maximum absolute atomic E-state index is 5.62. The number of hydrogen-bond donors (Lipinski definition) is 2. The molecule has 120 valence electrons. The lowest BCUT2D eigenvalue weighted by atomic mass is 10.4. The molecule has 3 rings (SSSR count). The highest BCUT2D eigenvalue weighted by molar-refractivity contribution is 5.46. The van der Waals surface area contributed by atoms with E-state index in [0.717, 1.165) is 5.82 Å². The van der Waals surface area contributed by atoms with Crippen molar-refractivity contribution >= 4 is 5.82 Å². The highest BCUT2D eigenvalue weighted by Gasteiger charge is 2.10. The van der Waals surface area contributed by atoms with E-state index in [1.54, 1.807) is 24.7 Å². The summed E-state index contributed by atoms with van der Waals surface area (Å²) >= 11 is 0. The number of hydrogen-bond acceptors (Lipinski definition) is 7. The average Bonchev–Trinajstić information content (AvgIpc) is 3.19. The zero-order valence-electron chi connectivity index (χ0n) is 13.0. The topological polar surface area (TPSA) is 102 Å². The minimum Gasteiger partial charge on any atom is -0.472 e. The molecule has 0 radical (unpaired) electrons. The molecule has 3 aromatic rings. The fourth-order valence-corrected chi connectivity index (χ4v) is 1.98. The van der Waals surface area contributed by atoms with Gasteiger partial charge in [-0.05, 0) is 26.0 Å². The summed E-state index contributed by atoms with van der Waals surface area (Å²) < 4.78 is 10.9. The predicted octanol–water partition coefficient (Wildman–Crippen LogP) is 2.30. The number of H-pyrrole nitrogens is 1. The molecule has 3 heterocycles. The zero-order chi connectivity index (χ0) is 16.1. The molecule has 0 unspecified atom stereocenters. The molecule has 0 spiro atoms. The van der Waals surface area contributed by atoms with Crippen LogP contribution < -0.4 is 10.1 Å². The van der Waals surface area contributed by atoms with Gasteiger partial charge in [-0.3, -0.25) is 5.10 Å². The summed E-state index contributed by atoms with van der Waals surface area (Å²) in [4.78, 5) is 12.8. The number of aromatic nitrogens is 5. The van der Waals surface area contributed by atoms with Crippen LogP contribution in [0.1, 0.15) is 19.7 Å². The molecule has 0 amide bonds. The molecular formula is C15H18N6O2. The summed E-state index contributed by atoms with van der Waals surface area (Å²) in [5, 5.41) is 10.2. The van der Waals surface area contributed by atoms with Crippen molar-refractivity contribution in [1.82, 2.24) is 25.1 Å². The number of rotatable bonds is 7. The van der Waals surface area contributed by atoms with Crippen LogP contribution in [0.4, 0.5) is 5.82 Å². The number of ether oxygens (including phenoxy) is 1. The van der Waals surface area contributed by atoms with Crippen LogP contribution >= 0.6 is 0 Å². The molecule has 0 bridgehead atoms. The zero-order valence-corrected chi connectivity index (χ0v) is 13.0. The van der Waals surface area contributed by atoms with Crippen molar-refractivity contribution < 1.29 is 9.15 Å². The van der Waals surface area contributed by atoms with E-state index >= 15 is 0 Å². The summed E-state index contributed by atoms with van der Waals surface area (Å²) in [6.07, 6.45) is 5.52. The Balaban J connectivity index is 1.58. The van der Waals surface area contributed by atoms with Crippen molar-refractivity contribution in [3.63, 3.8) is 0 Å². The SMILES string of the molecule is CC(C)Oc1nccnc1NCCc1nc(-c2ccco2)n[nH]1. The van der Waals surface area contributed by atoms with Crippen molar-refractivity contribution in [3.8, 4) is 17.5 Å². The maximum Gasteiger partial charge on any atom is 0.257 e. The Morgan fingerprint density at radius 2 is 2.17 bits per heavy atom. The lowest BCUT2D eigenvalue weighted by Gasteiger charge is -2.12. The molecule has 0 fully saturated rings. The molecule has 0 saturated heterocycles. The summed E-state index contributed by atoms with van der Waals surface area (Å²) in [6, 6.07) is 3.62. The van der Waals surface area contributed by atoms with Crippen LogP contribution in [0.15, 0.2) is 35.2 Å². The number of nitrogens with zero attached hydrogens (tertiary/aromatic N) is 4. The van der Waals surface area contributed by atoms with Crippen LogP contribution in [-0.4, -0.2) is 37.8 Å². The lowest BCUT2D eigenvalue weighted by Crippen LogP contribution is -2.13. The monoisotopic (exact) mass is 314 g/mol. The van der Waals surface area contributed by atoms with Crippen LogP contribution in [0.3, 0.4) is 0 Å². The largest absolute Gasteiger partial charge is 0.472 e. The Hall–Kier alpha value is -2.90. The molecular weight excluding hydrogens is 296 g/mol. The predicted molar refractivity (Wildman–Crippen MR) is 84.1 cm³/mol. The average molecular weight is 314 g/mol. The van der Waals surface area contributed by atoms with Gasteiger partial charge in [0.05, 0.1) is 12.4 Å². The first-order valence-electron chi connectivity index (χ1n) is 7.39. The first-order valence-corrected chi connectivity index (χ1v) is 7.39. The van der Waals surface area contributed by atoms with Crippen LogP contribution in [0.25, 0.3) is 11.6 Å². The molecule has 23 heavy (non-hydrogen) atoms. The van der Waals surface area contributed by atoms with Crippen molar-refractivity contribution in [2.24, 2.45) is 0 Å². The molecule has 0 aliphatic rings. The van der Waals surface area contributed by atoms with Gasteiger partial charge in [-0.1, -0.05) is 0 Å². The molecule has 8 nitrogen and oxygen atoms in total. The van der Waals surface area contributed by atoms with Gasteiger partial charge in [-0.2, -0.15) is 5.10 Å². The minimum atomic E-state index is 0.0392. The molecule has 3 aromatic heterocycles. The Morgan fingerprint density at radius 1 is 1.30 bits per heavy atom. The molecule has 0 atom stereocenters. The van der Waals surface area contributed by atoms with E-state index in [1.165, 1.54) is 0 Å². The van der Waals surface area contributed by atoms with Gasteiger partial charge >= 0.3 is 0 Å². The number of aromatic amines is 1. The van der Waals surface area contributed by atoms with Gasteiger partial charge in [-0.15, -0.1) is 0 Å². The quantitative estimate of drug-likeness (QED) is 0.689. The van der Waals surface area contributed by atoms with E-state index in [1.807, 2.05) is 19.9 Å². The van der Waals surface area contributed by atoms with E-state index in [9.17, 15) is 0 Å². The Bertz CT molecular complexity index is 738. The van der Waals surface area contributed by atoms with E-state index in [0.29, 0.717) is 36.2 Å². The second-order valence-electron chi connectivity index (χ2n) is 5.14. The van der Waals surface area contributed by atoms with Crippen molar-refractivity contribution in [3.05, 3.63) is 36.6 Å². The van der Waals surface area contributed by atoms with Gasteiger partial charge in [-0.25, -0.2) is 15.0 Å². The highest BCUT2D eigenvalue weighted by atomic mass is 16.5. The molecule has 0 aromatic carbocycles. The van der Waals surface area contributed by atoms with Gasteiger partial charge < -0.3 is 14.5 Å². The Labute approximate surface area is 133 Å². The fraction of sp³-hybridized carbons (Fsp3) is 0.333. The summed E-state index contributed by atoms with van der Waals surface area (Å²) in [7, 11) is 0. The molecule has 8 heteroatoms. The Morgan fingerprint density at radius 3 is 2.96 bits per heavy atom. The number of furan rings is 1. The van der Waals surface area contributed by atoms with Gasteiger partial charge in [0.2, 0.25) is 5.82 Å². The standard InChI is InChI=1S/C15H18N6O2/c1-10(2)23-15-14(17-7-8-18-15)16-6-5-12-19-13(21-20-12)11-4-3-9-22-11/h3-4,7-10H,5-6H2,1-2H3,(H,16,17)(H,19,20,21). The van der Waals surface area contributed by atoms with E-state index in [4.69, 9.17) is 9.15 Å². The fourth-order valence-electron chi connectivity index (χ4n) is 1.98. The van der Waals surface area contributed by atoms with E-state index in [-0.39, 0.29) is 6.10 Å². The molecule has 0 aliphatic heterocycles. The highest BCUT2D eigenvalue weighted by Crippen LogP contribution is 2.19. The minimum absolute atomic E-state index is 0.0392. The summed E-state index contributed by atoms with van der Waals surface area (Å²) in [6.45, 7) is 4.52. The Kier molecular flexibility index (Phi) is 4.51. The summed E-state index contributed by atoms with van der Waals surface area (Å²) in [5.41, 5.74) is 0. The van der Waals surface area contributed by atoms with Crippen LogP contribution in [0.2, 0.25) is 0 Å². The smallest absolute Gasteiger partial charge is 0.257 e. The second kappa shape index (κ2) is 6.91. The third-order valence-corrected chi connectivity index (χ3v) is 2.94. The molecule has 0 saturated carbocycles. The summed E-state index contributed by atoms with van der Waals surface area (Å²) in [5.74, 6) is 3.07. The molecule has 0 aliphatic carbocycles. The van der Waals surface area contributed by atoms with E-state index < -0.39 is 0 Å². The second-order valence-corrected chi connectivity index (χ2v) is 5.14. The molecule has 2 N–H and O–H groups in total. The first-order chi connectivity index (χ1) is 11.2. The third-order valence-electron chi connectivity index (χ3n) is 2.94. The van der Waals surface area contributed by atoms with Crippen molar-refractivity contribution in [2.75, 3.05) is 11.9 Å². The van der Waals surface area contributed by atoms with Crippen LogP contribution in [0.5, 0.6) is 5.88 Å². The lowest BCUT2D eigenvalue weighted by molar-refractivity contribution is 0.233. The maximum atomic E-state index is 5.62. The number of anilines is 1. The van der Waals surface area contributed by atoms with Gasteiger partial charge in [0.1, 0.15) is 5.82 Å². The van der Waals surface area contributed by atoms with E-state index in [2.05, 4.69) is 30.5 Å². The third kappa shape index (κ3) is 3.85.